The minimum Gasteiger partial charge on any atom is -0.426 e. The Morgan fingerprint density at radius 1 is 0.725 bits per heavy atom. The molecule has 3 aromatic rings. The van der Waals surface area contributed by atoms with Crippen molar-refractivity contribution in [2.24, 2.45) is 11.8 Å². The van der Waals surface area contributed by atoms with Gasteiger partial charge in [0.25, 0.3) is 0 Å². The second-order valence-electron chi connectivity index (χ2n) is 10.1. The monoisotopic (exact) mass is 576 g/mol. The summed E-state index contributed by atoms with van der Waals surface area (Å²) >= 11 is 0. The summed E-state index contributed by atoms with van der Waals surface area (Å²) < 4.78 is 132. The molecule has 0 N–H and O–H groups in total. The van der Waals surface area contributed by atoms with E-state index in [1.54, 1.807) is 0 Å². The summed E-state index contributed by atoms with van der Waals surface area (Å²) in [5.41, 5.74) is -1.55. The van der Waals surface area contributed by atoms with E-state index in [1.165, 1.54) is 6.07 Å². The zero-order valence-corrected chi connectivity index (χ0v) is 21.2. The van der Waals surface area contributed by atoms with Crippen molar-refractivity contribution in [2.45, 2.75) is 57.9 Å². The lowest BCUT2D eigenvalue weighted by Crippen LogP contribution is -2.22. The minimum atomic E-state index is -5.38. The van der Waals surface area contributed by atoms with Crippen molar-refractivity contribution in [3.05, 3.63) is 82.9 Å². The number of alkyl halides is 5. The largest absolute Gasteiger partial charge is 0.573 e. The van der Waals surface area contributed by atoms with Gasteiger partial charge >= 0.3 is 12.5 Å². The second-order valence-corrected chi connectivity index (χ2v) is 10.1. The minimum absolute atomic E-state index is 0.322. The molecule has 0 amide bonds. The normalized spacial score (nSPS) is 18.1. The van der Waals surface area contributed by atoms with Crippen LogP contribution >= 0.6 is 0 Å². The van der Waals surface area contributed by atoms with Crippen LogP contribution < -0.4 is 9.47 Å². The van der Waals surface area contributed by atoms with Gasteiger partial charge < -0.3 is 9.47 Å². The Balaban J connectivity index is 1.46. The molecular weight excluding hydrogens is 551 g/mol. The molecule has 11 heteroatoms. The Kier molecular flexibility index (Phi) is 8.60. The van der Waals surface area contributed by atoms with E-state index in [2.05, 4.69) is 16.4 Å². The van der Waals surface area contributed by atoms with Crippen LogP contribution in [0.4, 0.5) is 39.5 Å². The first kappa shape index (κ1) is 29.6. The molecule has 0 heterocycles. The van der Waals surface area contributed by atoms with Crippen molar-refractivity contribution in [3.8, 4) is 22.6 Å². The Morgan fingerprint density at radius 2 is 1.38 bits per heavy atom. The lowest BCUT2D eigenvalue weighted by Gasteiger charge is -2.26. The van der Waals surface area contributed by atoms with Crippen molar-refractivity contribution < 1.29 is 49.0 Å². The van der Waals surface area contributed by atoms with Gasteiger partial charge in [0.15, 0.2) is 23.2 Å². The Morgan fingerprint density at radius 3 is 1.95 bits per heavy atom. The summed E-state index contributed by atoms with van der Waals surface area (Å²) in [6.45, 7) is 2.21. The maximum atomic E-state index is 14.8. The Hall–Kier alpha value is -3.37. The van der Waals surface area contributed by atoms with Crippen LogP contribution in [0, 0.1) is 35.1 Å². The lowest BCUT2D eigenvalue weighted by molar-refractivity contribution is -0.276. The molecule has 4 rings (SSSR count). The zero-order chi connectivity index (χ0) is 29.2. The van der Waals surface area contributed by atoms with Gasteiger partial charge in [0.05, 0.1) is 5.56 Å². The maximum absolute atomic E-state index is 14.8. The fraction of sp³-hybridized carbons (Fsp3) is 0.379. The van der Waals surface area contributed by atoms with Crippen LogP contribution in [0.15, 0.2) is 48.5 Å². The summed E-state index contributed by atoms with van der Waals surface area (Å²) in [6.07, 6.45) is -3.61. The third-order valence-corrected chi connectivity index (χ3v) is 7.04. The molecule has 0 radical (unpaired) electrons. The number of hydrogen-bond acceptors (Lipinski definition) is 2. The molecule has 1 fully saturated rings. The zero-order valence-electron chi connectivity index (χ0n) is 21.2. The van der Waals surface area contributed by atoms with E-state index in [0.29, 0.717) is 48.1 Å². The average Bonchev–Trinajstić information content (AvgIpc) is 2.86. The maximum Gasteiger partial charge on any atom is 0.573 e. The van der Waals surface area contributed by atoms with Crippen molar-refractivity contribution in [1.29, 1.82) is 0 Å². The van der Waals surface area contributed by atoms with Gasteiger partial charge in [-0.15, -0.1) is 13.2 Å². The number of ether oxygens (including phenoxy) is 2. The fourth-order valence-electron chi connectivity index (χ4n) is 4.83. The molecule has 0 aromatic heterocycles. The lowest BCUT2D eigenvalue weighted by atomic mass is 9.80. The van der Waals surface area contributed by atoms with Gasteiger partial charge in [0.2, 0.25) is 5.75 Å². The molecule has 1 aliphatic carbocycles. The number of aryl methyl sites for hydroxylation is 1. The van der Waals surface area contributed by atoms with Crippen molar-refractivity contribution in [3.63, 3.8) is 0 Å². The van der Waals surface area contributed by atoms with Gasteiger partial charge in [0.1, 0.15) is 5.82 Å². The van der Waals surface area contributed by atoms with Gasteiger partial charge in [-0.1, -0.05) is 44.7 Å². The standard InChI is InChI=1S/C29H25F9O2/c1-16-2-4-17(5-3-16)6-7-18-8-11-26(23(31)12-18)39-28(34,35)20-9-10-21(22(30)15-20)19-13-24(32)27(25(33)14-19)40-29(36,37)38/h8-17H,2-7H2,1H3. The smallest absolute Gasteiger partial charge is 0.426 e. The van der Waals surface area contributed by atoms with Crippen LogP contribution in [0.5, 0.6) is 11.5 Å². The van der Waals surface area contributed by atoms with E-state index in [1.807, 2.05) is 0 Å². The summed E-state index contributed by atoms with van der Waals surface area (Å²) in [5.74, 6) is -7.21. The molecule has 1 saturated carbocycles. The molecular formula is C29H25F9O2. The highest BCUT2D eigenvalue weighted by atomic mass is 19.4. The first-order valence-corrected chi connectivity index (χ1v) is 12.6. The number of rotatable bonds is 8. The molecule has 0 bridgehead atoms. The van der Waals surface area contributed by atoms with Crippen LogP contribution in [0.3, 0.4) is 0 Å². The van der Waals surface area contributed by atoms with Crippen LogP contribution in [0.2, 0.25) is 0 Å². The van der Waals surface area contributed by atoms with Crippen molar-refractivity contribution >= 4 is 0 Å². The first-order valence-electron chi connectivity index (χ1n) is 12.6. The van der Waals surface area contributed by atoms with E-state index in [0.717, 1.165) is 50.3 Å². The van der Waals surface area contributed by atoms with Gasteiger partial charge in [-0.2, -0.15) is 8.78 Å². The average molecular weight is 576 g/mol. The molecule has 3 aromatic carbocycles. The fourth-order valence-corrected chi connectivity index (χ4v) is 4.83. The number of benzene rings is 3. The van der Waals surface area contributed by atoms with Gasteiger partial charge in [-0.25, -0.2) is 17.6 Å². The Labute approximate surface area is 224 Å². The molecule has 1 aliphatic rings. The van der Waals surface area contributed by atoms with Crippen molar-refractivity contribution in [2.75, 3.05) is 0 Å². The van der Waals surface area contributed by atoms with E-state index < -0.39 is 63.9 Å². The summed E-state index contributed by atoms with van der Waals surface area (Å²) in [6, 6.07) is 6.16. The van der Waals surface area contributed by atoms with E-state index >= 15 is 0 Å². The SMILES string of the molecule is CC1CCC(CCc2ccc(OC(F)(F)c3ccc(-c4cc(F)c(OC(F)(F)F)c(F)c4)c(F)c3)c(F)c2)CC1. The molecule has 40 heavy (non-hydrogen) atoms. The molecule has 0 unspecified atom stereocenters. The highest BCUT2D eigenvalue weighted by Gasteiger charge is 2.37. The molecule has 0 atom stereocenters. The molecule has 0 spiro atoms. The van der Waals surface area contributed by atoms with Crippen molar-refractivity contribution in [1.82, 2.24) is 0 Å². The summed E-state index contributed by atoms with van der Waals surface area (Å²) in [7, 11) is 0. The highest BCUT2D eigenvalue weighted by Crippen LogP contribution is 2.38. The molecule has 2 nitrogen and oxygen atoms in total. The van der Waals surface area contributed by atoms with Crippen LogP contribution in [-0.4, -0.2) is 6.36 Å². The van der Waals surface area contributed by atoms with Gasteiger partial charge in [-0.3, -0.25) is 0 Å². The number of halogens is 9. The predicted octanol–water partition coefficient (Wildman–Crippen LogP) is 9.70. The molecule has 216 valence electrons. The second kappa shape index (κ2) is 11.6. The third-order valence-electron chi connectivity index (χ3n) is 7.04. The van der Waals surface area contributed by atoms with Gasteiger partial charge in [-0.05, 0) is 72.2 Å². The topological polar surface area (TPSA) is 18.5 Å². The molecule has 0 aliphatic heterocycles. The Bertz CT molecular complexity index is 1320. The first-order chi connectivity index (χ1) is 18.7. The van der Waals surface area contributed by atoms with Gasteiger partial charge in [0, 0.05) is 5.56 Å². The highest BCUT2D eigenvalue weighted by molar-refractivity contribution is 5.66. The predicted molar refractivity (Wildman–Crippen MR) is 129 cm³/mol. The summed E-state index contributed by atoms with van der Waals surface area (Å²) in [4.78, 5) is 0. The van der Waals surface area contributed by atoms with E-state index in [9.17, 15) is 39.5 Å². The van der Waals surface area contributed by atoms with E-state index in [4.69, 9.17) is 0 Å². The quantitative estimate of drug-likeness (QED) is 0.249. The summed E-state index contributed by atoms with van der Waals surface area (Å²) in [5, 5.41) is 0. The van der Waals surface area contributed by atoms with Crippen LogP contribution in [0.25, 0.3) is 11.1 Å². The molecule has 0 saturated heterocycles. The number of hydrogen-bond donors (Lipinski definition) is 0. The third kappa shape index (κ3) is 7.22. The van der Waals surface area contributed by atoms with Crippen LogP contribution in [-0.2, 0) is 12.5 Å². The van der Waals surface area contributed by atoms with E-state index in [-0.39, 0.29) is 0 Å². The van der Waals surface area contributed by atoms with Crippen LogP contribution in [0.1, 0.15) is 50.2 Å².